The quantitative estimate of drug-likeness (QED) is 0.0331. The predicted octanol–water partition coefficient (Wildman–Crippen LogP) is 2.19. The Morgan fingerprint density at radius 1 is 0.505 bits per heavy atom. The molecule has 1 aliphatic rings. The van der Waals surface area contributed by atoms with Crippen LogP contribution in [0.25, 0.3) is 0 Å². The van der Waals surface area contributed by atoms with E-state index in [1.165, 1.54) is 40.0 Å². The fourth-order valence-corrected chi connectivity index (χ4v) is 10.3. The van der Waals surface area contributed by atoms with Crippen molar-refractivity contribution >= 4 is 71.0 Å². The van der Waals surface area contributed by atoms with Gasteiger partial charge in [-0.05, 0) is 81.0 Å². The normalized spacial score (nSPS) is 23.6. The molecule has 0 radical (unpaired) electrons. The molecule has 13 atom stereocenters. The third kappa shape index (κ3) is 32.1. The average molecular weight is 1300 g/mol. The number of hydrogen-bond acceptors (Lipinski definition) is 16. The topological polar surface area (TPSA) is 415 Å². The SMILES string of the molecule is CCCCCCCCCCC[C@H](O)CC(=O)N[C@@H](CC(C)C)C(=O)N[C@H](CCC(=O)O)C(=O)N[C@H]1C(=O)N[C@H]([C@H](C)CC)C(=O)N[C@@H](CC(C)C)C(=O)N[C@H](CO)C(=O)N[C@@H](CC(C)C)C(=O)N[C@@H](CC(C)C)C(=O)N[C@H](CO)C(=O)N[C@@H](C(C)C)C(=O)O[C@@H]1C. The molecule has 14 N–H and O–H groups in total. The number of aliphatic hydroxyl groups is 3. The standard InChI is InChI=1S/C64H114N10O17/c1-15-17-18-19-20-21-22-23-24-25-42(77)32-50(78)65-44(28-35(3)4)56(82)66-43(26-27-51(79)80)55(81)74-54-41(14)91-64(90)52(39(11)12)72-61(87)49(34-76)71-58(84)46(30-37(7)8)67-57(83)45(29-36(5)6)68-60(86)48(33-75)70-59(85)47(31-38(9)10)69-62(88)53(40(13)16-2)73-63(54)89/h35-49,52-54,75-77H,15-34H2,1-14H3,(H,65,78)(H,66,82)(H,67,83)(H,68,86)(H,69,88)(H,70,85)(H,71,84)(H,72,87)(H,73,89)(H,74,81)(H,79,80)/t40-,41-,42+,43-,44+,45+,46+,47+,48-,49-,52+,53-,54-/m1/s1. The molecular weight excluding hydrogens is 1180 g/mol. The molecule has 27 nitrogen and oxygen atoms in total. The molecule has 27 heteroatoms. The summed E-state index contributed by atoms with van der Waals surface area (Å²) in [6.07, 6.45) is 5.80. The van der Waals surface area contributed by atoms with Crippen LogP contribution < -0.4 is 53.2 Å². The van der Waals surface area contributed by atoms with Gasteiger partial charge in [0.15, 0.2) is 0 Å². The first-order valence-corrected chi connectivity index (χ1v) is 33.0. The lowest BCUT2D eigenvalue weighted by Crippen LogP contribution is -2.63. The molecule has 0 aromatic carbocycles. The third-order valence-corrected chi connectivity index (χ3v) is 15.7. The van der Waals surface area contributed by atoms with Crippen LogP contribution in [-0.4, -0.2) is 177 Å². The highest BCUT2D eigenvalue weighted by molar-refractivity contribution is 5.99. The van der Waals surface area contributed by atoms with Crippen LogP contribution in [0.5, 0.6) is 0 Å². The molecule has 0 aromatic heterocycles. The van der Waals surface area contributed by atoms with Crippen LogP contribution in [0.3, 0.4) is 0 Å². The van der Waals surface area contributed by atoms with E-state index in [4.69, 9.17) is 4.74 Å². The predicted molar refractivity (Wildman–Crippen MR) is 340 cm³/mol. The maximum absolute atomic E-state index is 15.0. The Kier molecular flexibility index (Phi) is 39.3. The van der Waals surface area contributed by atoms with Gasteiger partial charge in [0.2, 0.25) is 59.1 Å². The monoisotopic (exact) mass is 1290 g/mol. The third-order valence-electron chi connectivity index (χ3n) is 15.7. The van der Waals surface area contributed by atoms with Gasteiger partial charge in [0.1, 0.15) is 66.5 Å². The Labute approximate surface area is 538 Å². The van der Waals surface area contributed by atoms with E-state index in [0.717, 1.165) is 32.1 Å². The number of unbranched alkanes of at least 4 members (excludes halogenated alkanes) is 8. The summed E-state index contributed by atoms with van der Waals surface area (Å²) >= 11 is 0. The molecule has 0 aliphatic carbocycles. The molecule has 0 bridgehead atoms. The minimum atomic E-state index is -1.99. The maximum atomic E-state index is 15.0. The zero-order valence-electron chi connectivity index (χ0n) is 56.6. The number of carbonyl (C=O) groups excluding carboxylic acids is 11. The van der Waals surface area contributed by atoms with Crippen LogP contribution in [0.4, 0.5) is 0 Å². The van der Waals surface area contributed by atoms with Crippen LogP contribution in [0.1, 0.15) is 213 Å². The minimum absolute atomic E-state index is 0.00513. The van der Waals surface area contributed by atoms with E-state index in [9.17, 15) is 78.0 Å². The average Bonchev–Trinajstić information content (AvgIpc) is 1.67. The lowest BCUT2D eigenvalue weighted by Gasteiger charge is -2.32. The second-order valence-electron chi connectivity index (χ2n) is 26.5. The van der Waals surface area contributed by atoms with Crippen molar-refractivity contribution in [2.75, 3.05) is 13.2 Å². The highest BCUT2D eigenvalue weighted by Gasteiger charge is 2.41. The largest absolute Gasteiger partial charge is 0.481 e. The maximum Gasteiger partial charge on any atom is 0.329 e. The first-order valence-electron chi connectivity index (χ1n) is 33.0. The molecule has 10 amide bonds. The van der Waals surface area contributed by atoms with Crippen molar-refractivity contribution in [2.24, 2.45) is 35.5 Å². The molecule has 0 saturated carbocycles. The van der Waals surface area contributed by atoms with Gasteiger partial charge in [0.05, 0.1) is 25.7 Å². The minimum Gasteiger partial charge on any atom is -0.481 e. The van der Waals surface area contributed by atoms with E-state index < -0.39 is 182 Å². The van der Waals surface area contributed by atoms with Crippen molar-refractivity contribution < 1.29 is 82.7 Å². The van der Waals surface area contributed by atoms with Crippen molar-refractivity contribution in [3.05, 3.63) is 0 Å². The molecule has 1 aliphatic heterocycles. The van der Waals surface area contributed by atoms with E-state index >= 15 is 0 Å². The summed E-state index contributed by atoms with van der Waals surface area (Å²) in [4.78, 5) is 168. The van der Waals surface area contributed by atoms with Gasteiger partial charge in [-0.2, -0.15) is 0 Å². The number of amides is 10. The van der Waals surface area contributed by atoms with Crippen LogP contribution in [0.15, 0.2) is 0 Å². The van der Waals surface area contributed by atoms with Gasteiger partial charge in [0, 0.05) is 6.42 Å². The molecule has 0 unspecified atom stereocenters. The zero-order valence-corrected chi connectivity index (χ0v) is 56.6. The molecule has 1 saturated heterocycles. The number of aliphatic hydroxyl groups excluding tert-OH is 3. The Hall–Kier alpha value is -6.48. The van der Waals surface area contributed by atoms with Crippen molar-refractivity contribution in [1.82, 2.24) is 53.2 Å². The lowest BCUT2D eigenvalue weighted by atomic mass is 9.96. The van der Waals surface area contributed by atoms with Crippen molar-refractivity contribution in [2.45, 2.75) is 285 Å². The van der Waals surface area contributed by atoms with Gasteiger partial charge in [-0.3, -0.25) is 52.7 Å². The van der Waals surface area contributed by atoms with E-state index in [-0.39, 0.29) is 62.2 Å². The molecule has 1 heterocycles. The van der Waals surface area contributed by atoms with Gasteiger partial charge in [-0.15, -0.1) is 0 Å². The highest BCUT2D eigenvalue weighted by atomic mass is 16.5. The van der Waals surface area contributed by atoms with Crippen LogP contribution in [0.2, 0.25) is 0 Å². The van der Waals surface area contributed by atoms with Crippen molar-refractivity contribution in [3.63, 3.8) is 0 Å². The van der Waals surface area contributed by atoms with Gasteiger partial charge >= 0.3 is 11.9 Å². The Morgan fingerprint density at radius 3 is 1.36 bits per heavy atom. The van der Waals surface area contributed by atoms with Crippen LogP contribution in [-0.2, 0) is 62.3 Å². The summed E-state index contributed by atoms with van der Waals surface area (Å²) in [5, 5.41) is 67.0. The van der Waals surface area contributed by atoms with Crippen LogP contribution >= 0.6 is 0 Å². The number of carboxylic acids is 1. The highest BCUT2D eigenvalue weighted by Crippen LogP contribution is 2.18. The van der Waals surface area contributed by atoms with Crippen molar-refractivity contribution in [3.8, 4) is 0 Å². The number of cyclic esters (lactones) is 1. The molecule has 0 aromatic rings. The molecular formula is C64H114N10O17. The number of carbonyl (C=O) groups is 12. The zero-order chi connectivity index (χ0) is 69.2. The lowest BCUT2D eigenvalue weighted by molar-refractivity contribution is -0.157. The number of nitrogens with one attached hydrogen (secondary N) is 10. The number of ether oxygens (including phenoxy) is 1. The molecule has 91 heavy (non-hydrogen) atoms. The Morgan fingerprint density at radius 2 is 0.934 bits per heavy atom. The van der Waals surface area contributed by atoms with E-state index in [1.807, 2.05) is 0 Å². The van der Waals surface area contributed by atoms with Crippen LogP contribution in [0, 0.1) is 35.5 Å². The first-order chi connectivity index (χ1) is 42.7. The van der Waals surface area contributed by atoms with Crippen molar-refractivity contribution in [1.29, 1.82) is 0 Å². The second kappa shape index (κ2) is 43.4. The summed E-state index contributed by atoms with van der Waals surface area (Å²) in [6, 6.07) is -15.7. The molecule has 1 rings (SSSR count). The number of esters is 1. The fraction of sp³-hybridized carbons (Fsp3) is 0.812. The summed E-state index contributed by atoms with van der Waals surface area (Å²) in [5.41, 5.74) is 0. The molecule has 522 valence electrons. The van der Waals surface area contributed by atoms with E-state index in [0.29, 0.717) is 12.8 Å². The van der Waals surface area contributed by atoms with E-state index in [1.54, 1.807) is 69.2 Å². The summed E-state index contributed by atoms with van der Waals surface area (Å²) in [7, 11) is 0. The van der Waals surface area contributed by atoms with E-state index in [2.05, 4.69) is 60.1 Å². The Balaban J connectivity index is 4.02. The Bertz CT molecular complexity index is 2340. The smallest absolute Gasteiger partial charge is 0.329 e. The molecule has 0 spiro atoms. The van der Waals surface area contributed by atoms with Gasteiger partial charge in [-0.1, -0.05) is 154 Å². The first kappa shape index (κ1) is 82.5. The number of carboxylic acid groups (broad SMARTS) is 1. The number of rotatable bonds is 33. The summed E-state index contributed by atoms with van der Waals surface area (Å²) in [6.45, 7) is 21.8. The molecule has 1 fully saturated rings. The second-order valence-corrected chi connectivity index (χ2v) is 26.5. The van der Waals surface area contributed by atoms with Gasteiger partial charge in [0.25, 0.3) is 0 Å². The summed E-state index contributed by atoms with van der Waals surface area (Å²) in [5.74, 6) is -14.7. The number of aliphatic carboxylic acids is 1. The number of hydrogen-bond donors (Lipinski definition) is 14. The van der Waals surface area contributed by atoms with Gasteiger partial charge in [-0.25, -0.2) is 4.79 Å². The fourth-order valence-electron chi connectivity index (χ4n) is 10.3. The summed E-state index contributed by atoms with van der Waals surface area (Å²) < 4.78 is 5.85. The van der Waals surface area contributed by atoms with Gasteiger partial charge < -0.3 is 78.3 Å².